The number of carbonyl (C=O) groups is 2. The average Bonchev–Trinajstić information content (AvgIpc) is 3.03. The van der Waals surface area contributed by atoms with Gasteiger partial charge in [-0.15, -0.1) is 0 Å². The molecule has 4 rings (SSSR count). The van der Waals surface area contributed by atoms with Crippen LogP contribution in [0.5, 0.6) is 11.5 Å². The number of nitrogens with one attached hydrogen (secondary N) is 1. The van der Waals surface area contributed by atoms with Crippen molar-refractivity contribution in [2.45, 2.75) is 57.2 Å². The number of anilines is 1. The third-order valence-corrected chi connectivity index (χ3v) is 5.38. The van der Waals surface area contributed by atoms with E-state index in [-0.39, 0.29) is 24.4 Å². The zero-order chi connectivity index (χ0) is 18.7. The minimum absolute atomic E-state index is 0.139. The van der Waals surface area contributed by atoms with Gasteiger partial charge in [0.1, 0.15) is 0 Å². The predicted molar refractivity (Wildman–Crippen MR) is 99.6 cm³/mol. The van der Waals surface area contributed by atoms with Crippen LogP contribution in [-0.2, 0) is 14.3 Å². The molecule has 6 nitrogen and oxygen atoms in total. The Bertz CT molecular complexity index is 751. The molecule has 27 heavy (non-hydrogen) atoms. The van der Waals surface area contributed by atoms with Crippen molar-refractivity contribution in [3.8, 4) is 11.5 Å². The molecule has 1 spiro atoms. The van der Waals surface area contributed by atoms with Crippen LogP contribution in [0.2, 0.25) is 0 Å². The van der Waals surface area contributed by atoms with Gasteiger partial charge >= 0.3 is 5.97 Å². The lowest BCUT2D eigenvalue weighted by Crippen LogP contribution is -2.40. The van der Waals surface area contributed by atoms with Crippen molar-refractivity contribution in [3.63, 3.8) is 0 Å². The van der Waals surface area contributed by atoms with E-state index in [1.165, 1.54) is 6.42 Å². The molecule has 2 aliphatic carbocycles. The van der Waals surface area contributed by atoms with Crippen molar-refractivity contribution >= 4 is 17.6 Å². The van der Waals surface area contributed by atoms with E-state index in [9.17, 15) is 9.59 Å². The Hall–Kier alpha value is -2.50. The minimum atomic E-state index is -0.535. The van der Waals surface area contributed by atoms with E-state index in [2.05, 4.69) is 11.4 Å². The number of benzene rings is 1. The van der Waals surface area contributed by atoms with Crippen LogP contribution in [0.15, 0.2) is 30.4 Å². The molecule has 6 heteroatoms. The van der Waals surface area contributed by atoms with Crippen LogP contribution < -0.4 is 14.8 Å². The Balaban J connectivity index is 1.30. The van der Waals surface area contributed by atoms with E-state index >= 15 is 0 Å². The maximum atomic E-state index is 12.1. The van der Waals surface area contributed by atoms with Crippen molar-refractivity contribution in [2.75, 3.05) is 11.9 Å². The summed E-state index contributed by atoms with van der Waals surface area (Å²) in [6.07, 6.45) is 11.6. The van der Waals surface area contributed by atoms with Gasteiger partial charge in [0.15, 0.2) is 18.1 Å². The zero-order valence-electron chi connectivity index (χ0n) is 15.4. The molecule has 144 valence electrons. The Morgan fingerprint density at radius 2 is 1.93 bits per heavy atom. The van der Waals surface area contributed by atoms with Crippen LogP contribution in [0.25, 0.3) is 0 Å². The fraction of sp³-hybridized carbons (Fsp3) is 0.524. The number of ether oxygens (including phenoxy) is 3. The lowest BCUT2D eigenvalue weighted by atomic mass is 9.94. The summed E-state index contributed by atoms with van der Waals surface area (Å²) in [4.78, 5) is 24.1. The number of hydrogen-bond acceptors (Lipinski definition) is 5. The van der Waals surface area contributed by atoms with Crippen molar-refractivity contribution in [2.24, 2.45) is 5.92 Å². The number of amides is 1. The smallest absolute Gasteiger partial charge is 0.309 e. The summed E-state index contributed by atoms with van der Waals surface area (Å²) in [6, 6.07) is 5.36. The second kappa shape index (κ2) is 7.62. The van der Waals surface area contributed by atoms with Crippen molar-refractivity contribution in [1.29, 1.82) is 0 Å². The quantitative estimate of drug-likeness (QED) is 0.641. The molecule has 1 saturated carbocycles. The van der Waals surface area contributed by atoms with Crippen LogP contribution in [0.3, 0.4) is 0 Å². The van der Waals surface area contributed by atoms with Crippen molar-refractivity contribution in [1.82, 2.24) is 0 Å². The molecule has 0 radical (unpaired) electrons. The fourth-order valence-electron chi connectivity index (χ4n) is 3.93. The lowest BCUT2D eigenvalue weighted by molar-refractivity contribution is -0.151. The Morgan fingerprint density at radius 3 is 2.70 bits per heavy atom. The summed E-state index contributed by atoms with van der Waals surface area (Å²) in [5, 5.41) is 2.76. The number of allylic oxidation sites excluding steroid dienone is 2. The van der Waals surface area contributed by atoms with Crippen molar-refractivity contribution in [3.05, 3.63) is 30.4 Å². The monoisotopic (exact) mass is 371 g/mol. The predicted octanol–water partition coefficient (Wildman–Crippen LogP) is 3.96. The van der Waals surface area contributed by atoms with Gasteiger partial charge in [0.05, 0.1) is 5.92 Å². The van der Waals surface area contributed by atoms with E-state index in [0.29, 0.717) is 23.6 Å². The molecule has 0 aromatic heterocycles. The van der Waals surface area contributed by atoms with Gasteiger partial charge in [0.2, 0.25) is 0 Å². The molecule has 1 aromatic rings. The van der Waals surface area contributed by atoms with Crippen LogP contribution in [0, 0.1) is 5.92 Å². The number of hydrogen-bond donors (Lipinski definition) is 1. The Labute approximate surface area is 158 Å². The average molecular weight is 371 g/mol. The van der Waals surface area contributed by atoms with Crippen LogP contribution in [0.4, 0.5) is 5.69 Å². The van der Waals surface area contributed by atoms with E-state index in [1.54, 1.807) is 12.1 Å². The summed E-state index contributed by atoms with van der Waals surface area (Å²) in [5.74, 6) is 0.0282. The maximum Gasteiger partial charge on any atom is 0.309 e. The first-order valence-corrected chi connectivity index (χ1v) is 9.77. The maximum absolute atomic E-state index is 12.1. The molecule has 0 bridgehead atoms. The molecule has 1 aromatic carbocycles. The van der Waals surface area contributed by atoms with E-state index in [1.807, 2.05) is 12.1 Å². The second-order valence-corrected chi connectivity index (χ2v) is 7.47. The highest BCUT2D eigenvalue weighted by molar-refractivity contribution is 5.93. The van der Waals surface area contributed by atoms with Crippen LogP contribution in [0.1, 0.15) is 51.4 Å². The first kappa shape index (κ1) is 17.9. The van der Waals surface area contributed by atoms with Crippen LogP contribution >= 0.6 is 0 Å². The van der Waals surface area contributed by atoms with Gasteiger partial charge in [0, 0.05) is 24.6 Å². The summed E-state index contributed by atoms with van der Waals surface area (Å²) >= 11 is 0. The van der Waals surface area contributed by atoms with Crippen molar-refractivity contribution < 1.29 is 23.8 Å². The fourth-order valence-corrected chi connectivity index (χ4v) is 3.93. The first-order valence-electron chi connectivity index (χ1n) is 9.77. The molecular weight excluding hydrogens is 346 g/mol. The number of fused-ring (bicyclic) bond motifs is 1. The summed E-state index contributed by atoms with van der Waals surface area (Å²) in [7, 11) is 0. The van der Waals surface area contributed by atoms with Gasteiger partial charge in [0.25, 0.3) is 11.7 Å². The van der Waals surface area contributed by atoms with E-state index in [0.717, 1.165) is 38.5 Å². The largest absolute Gasteiger partial charge is 0.455 e. The zero-order valence-corrected chi connectivity index (χ0v) is 15.4. The third kappa shape index (κ3) is 4.10. The first-order chi connectivity index (χ1) is 13.1. The summed E-state index contributed by atoms with van der Waals surface area (Å²) in [6.45, 7) is -0.280. The third-order valence-electron chi connectivity index (χ3n) is 5.38. The number of esters is 1. The summed E-state index contributed by atoms with van der Waals surface area (Å²) < 4.78 is 17.3. The molecule has 0 saturated heterocycles. The van der Waals surface area contributed by atoms with E-state index in [4.69, 9.17) is 14.2 Å². The molecular formula is C21H25NO5. The molecule has 0 unspecified atom stereocenters. The molecule has 1 heterocycles. The molecule has 1 atom stereocenters. The Morgan fingerprint density at radius 1 is 1.11 bits per heavy atom. The van der Waals surface area contributed by atoms with E-state index < -0.39 is 5.79 Å². The van der Waals surface area contributed by atoms with Gasteiger partial charge in [-0.25, -0.2) is 0 Å². The van der Waals surface area contributed by atoms with Gasteiger partial charge in [-0.3, -0.25) is 9.59 Å². The highest BCUT2D eigenvalue weighted by Crippen LogP contribution is 2.46. The molecule has 1 aliphatic heterocycles. The minimum Gasteiger partial charge on any atom is -0.455 e. The second-order valence-electron chi connectivity index (χ2n) is 7.47. The van der Waals surface area contributed by atoms with Gasteiger partial charge in [-0.2, -0.15) is 0 Å². The standard InChI is InChI=1S/C21H25NO5/c23-19(14-25-20(24)15-7-3-1-4-8-15)22-16-9-10-17-18(13-16)27-21(26-17)11-5-2-6-12-21/h1,3,9-10,13,15H,2,4-8,11-12,14H2,(H,22,23)/t15-/m0/s1. The topological polar surface area (TPSA) is 73.9 Å². The van der Waals surface area contributed by atoms with Gasteiger partial charge in [-0.1, -0.05) is 18.6 Å². The molecule has 1 amide bonds. The lowest BCUT2D eigenvalue weighted by Gasteiger charge is -2.31. The van der Waals surface area contributed by atoms with Crippen LogP contribution in [-0.4, -0.2) is 24.3 Å². The van der Waals surface area contributed by atoms with Gasteiger partial charge < -0.3 is 19.5 Å². The normalized spacial score (nSPS) is 22.4. The molecule has 3 aliphatic rings. The number of carbonyl (C=O) groups excluding carboxylic acids is 2. The summed E-state index contributed by atoms with van der Waals surface area (Å²) in [5.41, 5.74) is 0.604. The Kier molecular flexibility index (Phi) is 5.05. The SMILES string of the molecule is O=C(COC(=O)[C@H]1CC=CCC1)Nc1ccc2c(c1)OC1(CCCCC1)O2. The van der Waals surface area contributed by atoms with Gasteiger partial charge in [-0.05, 0) is 44.2 Å². The molecule has 1 N–H and O–H groups in total. The highest BCUT2D eigenvalue weighted by Gasteiger charge is 2.42. The highest BCUT2D eigenvalue weighted by atomic mass is 16.7. The number of rotatable bonds is 4. The molecule has 1 fully saturated rings.